The number of aliphatic hydroxyl groups is 1. The zero-order valence-electron chi connectivity index (χ0n) is 14.0. The van der Waals surface area contributed by atoms with E-state index in [0.717, 1.165) is 4.90 Å². The summed E-state index contributed by atoms with van der Waals surface area (Å²) in [6, 6.07) is 5.91. The molecule has 2 aromatic rings. The molecule has 0 saturated carbocycles. The summed E-state index contributed by atoms with van der Waals surface area (Å²) in [5.41, 5.74) is 0.164. The molecule has 1 aliphatic heterocycles. The number of aliphatic hydroxyl groups excluding tert-OH is 1. The van der Waals surface area contributed by atoms with Gasteiger partial charge >= 0.3 is 5.69 Å². The van der Waals surface area contributed by atoms with Crippen LogP contribution in [0.4, 0.5) is 5.69 Å². The minimum Gasteiger partial charge on any atom is -0.490 e. The van der Waals surface area contributed by atoms with Crippen LogP contribution < -0.4 is 10.1 Å². The second kappa shape index (κ2) is 7.06. The number of nitrogens with one attached hydrogen (secondary N) is 1. The van der Waals surface area contributed by atoms with Crippen molar-refractivity contribution in [2.75, 3.05) is 33.4 Å². The first-order valence-electron chi connectivity index (χ1n) is 7.97. The molecule has 136 valence electrons. The maximum absolute atomic E-state index is 12.8. The van der Waals surface area contributed by atoms with Gasteiger partial charge in [0.1, 0.15) is 0 Å². The summed E-state index contributed by atoms with van der Waals surface area (Å²) in [6.07, 6.45) is 0. The van der Waals surface area contributed by atoms with Crippen molar-refractivity contribution < 1.29 is 24.4 Å². The number of amides is 2. The fourth-order valence-corrected chi connectivity index (χ4v) is 3.12. The number of benzene rings is 2. The molecular formula is C17H17N3O6. The van der Waals surface area contributed by atoms with Crippen LogP contribution in [0.3, 0.4) is 0 Å². The molecule has 2 aromatic carbocycles. The van der Waals surface area contributed by atoms with Gasteiger partial charge < -0.3 is 15.2 Å². The van der Waals surface area contributed by atoms with E-state index < -0.39 is 16.7 Å². The summed E-state index contributed by atoms with van der Waals surface area (Å²) in [7, 11) is 1.29. The molecule has 0 spiro atoms. The zero-order chi connectivity index (χ0) is 18.8. The van der Waals surface area contributed by atoms with E-state index in [1.165, 1.54) is 19.2 Å². The van der Waals surface area contributed by atoms with Gasteiger partial charge in [0.15, 0.2) is 5.75 Å². The number of nitro benzene ring substituents is 1. The largest absolute Gasteiger partial charge is 0.490 e. The maximum Gasteiger partial charge on any atom is 0.318 e. The SMILES string of the molecule is COc1cc2c3c(cccc3c1[N+](=O)[O-])C(=O)N(CCNCCO)C2=O. The lowest BCUT2D eigenvalue weighted by Crippen LogP contribution is -2.44. The Labute approximate surface area is 148 Å². The van der Waals surface area contributed by atoms with Crippen LogP contribution in [-0.4, -0.2) is 60.1 Å². The second-order valence-electron chi connectivity index (χ2n) is 5.70. The lowest BCUT2D eigenvalue weighted by Gasteiger charge is -2.27. The van der Waals surface area contributed by atoms with Gasteiger partial charge in [-0.15, -0.1) is 0 Å². The van der Waals surface area contributed by atoms with E-state index in [4.69, 9.17) is 9.84 Å². The molecule has 3 rings (SSSR count). The third kappa shape index (κ3) is 2.76. The molecule has 26 heavy (non-hydrogen) atoms. The van der Waals surface area contributed by atoms with Crippen molar-refractivity contribution in [3.05, 3.63) is 45.5 Å². The Hall–Kier alpha value is -3.04. The van der Waals surface area contributed by atoms with Gasteiger partial charge in [0.25, 0.3) is 11.8 Å². The van der Waals surface area contributed by atoms with Crippen molar-refractivity contribution in [3.8, 4) is 5.75 Å². The molecule has 0 bridgehead atoms. The molecule has 9 nitrogen and oxygen atoms in total. The van der Waals surface area contributed by atoms with E-state index in [1.54, 1.807) is 12.1 Å². The molecule has 0 aliphatic carbocycles. The van der Waals surface area contributed by atoms with E-state index in [1.807, 2.05) is 0 Å². The van der Waals surface area contributed by atoms with E-state index in [0.29, 0.717) is 13.1 Å². The minimum atomic E-state index is -0.581. The molecule has 0 radical (unpaired) electrons. The smallest absolute Gasteiger partial charge is 0.318 e. The molecule has 0 unspecified atom stereocenters. The Balaban J connectivity index is 2.14. The highest BCUT2D eigenvalue weighted by atomic mass is 16.6. The van der Waals surface area contributed by atoms with Crippen LogP contribution in [0.5, 0.6) is 5.75 Å². The van der Waals surface area contributed by atoms with Crippen LogP contribution in [0.1, 0.15) is 20.7 Å². The van der Waals surface area contributed by atoms with Crippen molar-refractivity contribution >= 4 is 28.3 Å². The predicted octanol–water partition coefficient (Wildman–Crippen LogP) is 0.935. The average molecular weight is 359 g/mol. The standard InChI is InChI=1S/C17H17N3O6/c1-26-13-9-12-14-10(15(13)20(24)25)3-2-4-11(14)16(22)19(17(12)23)7-5-18-6-8-21/h2-4,9,18,21H,5-8H2,1H3. The number of nitro groups is 1. The number of nitrogens with zero attached hydrogens (tertiary/aromatic N) is 2. The molecule has 0 fully saturated rings. The lowest BCUT2D eigenvalue weighted by molar-refractivity contribution is -0.383. The number of hydrogen-bond donors (Lipinski definition) is 2. The normalized spacial score (nSPS) is 13.4. The van der Waals surface area contributed by atoms with Crippen LogP contribution in [0.25, 0.3) is 10.8 Å². The Kier molecular flexibility index (Phi) is 4.83. The van der Waals surface area contributed by atoms with Crippen molar-refractivity contribution in [2.45, 2.75) is 0 Å². The molecule has 9 heteroatoms. The van der Waals surface area contributed by atoms with Crippen LogP contribution in [0.2, 0.25) is 0 Å². The van der Waals surface area contributed by atoms with Gasteiger partial charge in [-0.25, -0.2) is 0 Å². The summed E-state index contributed by atoms with van der Waals surface area (Å²) < 4.78 is 5.11. The molecule has 0 saturated heterocycles. The molecule has 2 amide bonds. The topological polar surface area (TPSA) is 122 Å². The van der Waals surface area contributed by atoms with Crippen molar-refractivity contribution in [1.29, 1.82) is 0 Å². The molecule has 1 aliphatic rings. The monoisotopic (exact) mass is 359 g/mol. The van der Waals surface area contributed by atoms with E-state index in [2.05, 4.69) is 5.32 Å². The number of ether oxygens (including phenoxy) is 1. The molecule has 2 N–H and O–H groups in total. The first-order chi connectivity index (χ1) is 12.5. The fraction of sp³-hybridized carbons (Fsp3) is 0.294. The highest BCUT2D eigenvalue weighted by Crippen LogP contribution is 2.41. The number of carbonyl (C=O) groups excluding carboxylic acids is 2. The Morgan fingerprint density at radius 2 is 1.96 bits per heavy atom. The van der Waals surface area contributed by atoms with Gasteiger partial charge in [-0.3, -0.25) is 24.6 Å². The first-order valence-corrected chi connectivity index (χ1v) is 7.97. The third-order valence-corrected chi connectivity index (χ3v) is 4.25. The van der Waals surface area contributed by atoms with E-state index in [-0.39, 0.29) is 46.5 Å². The Morgan fingerprint density at radius 1 is 1.23 bits per heavy atom. The summed E-state index contributed by atoms with van der Waals surface area (Å²) in [5.74, 6) is -1.06. The molecule has 0 atom stereocenters. The number of carbonyl (C=O) groups is 2. The summed E-state index contributed by atoms with van der Waals surface area (Å²) in [6.45, 7) is 0.744. The number of imide groups is 1. The van der Waals surface area contributed by atoms with E-state index in [9.17, 15) is 19.7 Å². The zero-order valence-corrected chi connectivity index (χ0v) is 14.0. The highest BCUT2D eigenvalue weighted by molar-refractivity contribution is 6.26. The average Bonchev–Trinajstić information content (AvgIpc) is 2.64. The third-order valence-electron chi connectivity index (χ3n) is 4.25. The van der Waals surface area contributed by atoms with Gasteiger partial charge in [0.2, 0.25) is 0 Å². The van der Waals surface area contributed by atoms with Gasteiger partial charge in [-0.05, 0) is 12.1 Å². The van der Waals surface area contributed by atoms with Crippen LogP contribution in [0, 0.1) is 10.1 Å². The maximum atomic E-state index is 12.8. The van der Waals surface area contributed by atoms with Gasteiger partial charge in [0.05, 0.1) is 29.6 Å². The van der Waals surface area contributed by atoms with Crippen molar-refractivity contribution in [1.82, 2.24) is 10.2 Å². The summed E-state index contributed by atoms with van der Waals surface area (Å²) >= 11 is 0. The van der Waals surface area contributed by atoms with Crippen molar-refractivity contribution in [3.63, 3.8) is 0 Å². The second-order valence-corrected chi connectivity index (χ2v) is 5.70. The molecule has 0 aromatic heterocycles. The van der Waals surface area contributed by atoms with E-state index >= 15 is 0 Å². The predicted molar refractivity (Wildman–Crippen MR) is 92.5 cm³/mol. The first kappa shape index (κ1) is 17.8. The highest BCUT2D eigenvalue weighted by Gasteiger charge is 2.36. The number of rotatable bonds is 7. The quantitative estimate of drug-likeness (QED) is 0.326. The lowest BCUT2D eigenvalue weighted by atomic mass is 9.92. The van der Waals surface area contributed by atoms with Crippen molar-refractivity contribution in [2.24, 2.45) is 0 Å². The number of hydrogen-bond acceptors (Lipinski definition) is 7. The van der Waals surface area contributed by atoms with Crippen LogP contribution in [0.15, 0.2) is 24.3 Å². The minimum absolute atomic E-state index is 0.0318. The number of methoxy groups -OCH3 is 1. The van der Waals surface area contributed by atoms with Gasteiger partial charge in [-0.2, -0.15) is 0 Å². The fourth-order valence-electron chi connectivity index (χ4n) is 3.12. The molecule has 1 heterocycles. The Bertz CT molecular complexity index is 911. The Morgan fingerprint density at radius 3 is 2.62 bits per heavy atom. The summed E-state index contributed by atoms with van der Waals surface area (Å²) in [4.78, 5) is 37.5. The summed E-state index contributed by atoms with van der Waals surface area (Å²) in [5, 5.41) is 23.6. The molecular weight excluding hydrogens is 342 g/mol. The van der Waals surface area contributed by atoms with Gasteiger partial charge in [0, 0.05) is 36.7 Å². The van der Waals surface area contributed by atoms with Crippen LogP contribution in [-0.2, 0) is 0 Å². The van der Waals surface area contributed by atoms with Crippen LogP contribution >= 0.6 is 0 Å². The van der Waals surface area contributed by atoms with Gasteiger partial charge in [-0.1, -0.05) is 6.07 Å².